The van der Waals surface area contributed by atoms with Crippen molar-refractivity contribution in [2.24, 2.45) is 0 Å². The summed E-state index contributed by atoms with van der Waals surface area (Å²) in [6.45, 7) is 0. The molecule has 0 bridgehead atoms. The molecule has 0 heterocycles. The predicted octanol–water partition coefficient (Wildman–Crippen LogP) is 3.72. The van der Waals surface area contributed by atoms with Crippen LogP contribution in [0.3, 0.4) is 0 Å². The van der Waals surface area contributed by atoms with E-state index in [-0.39, 0.29) is 17.5 Å². The van der Waals surface area contributed by atoms with Crippen molar-refractivity contribution in [2.45, 2.75) is 12.2 Å². The Morgan fingerprint density at radius 3 is 2.07 bits per heavy atom. The molecule has 0 radical (unpaired) electrons. The molecule has 2 N–H and O–H groups in total. The third-order valence-electron chi connectivity index (χ3n) is 4.22. The van der Waals surface area contributed by atoms with Gasteiger partial charge < -0.3 is 10.2 Å². The van der Waals surface area contributed by atoms with Crippen LogP contribution in [0.2, 0.25) is 0 Å². The summed E-state index contributed by atoms with van der Waals surface area (Å²) in [4.78, 5) is 23.4. The molecular formula is C21H19FNO3P. The zero-order valence-corrected chi connectivity index (χ0v) is 15.4. The summed E-state index contributed by atoms with van der Waals surface area (Å²) in [5.74, 6) is -1.87. The number of carbonyl (C=O) groups is 1. The first-order valence-corrected chi connectivity index (χ1v) is 10.2. The van der Waals surface area contributed by atoms with Gasteiger partial charge in [0.2, 0.25) is 0 Å². The van der Waals surface area contributed by atoms with Gasteiger partial charge in [-0.15, -0.1) is 0 Å². The van der Waals surface area contributed by atoms with Crippen molar-refractivity contribution in [1.82, 2.24) is 5.32 Å². The first-order chi connectivity index (χ1) is 13.0. The predicted molar refractivity (Wildman–Crippen MR) is 104 cm³/mol. The molecule has 2 atom stereocenters. The molecule has 0 aliphatic rings. The van der Waals surface area contributed by atoms with Gasteiger partial charge in [0.05, 0.1) is 0 Å². The standard InChI is InChI=1S/C21H19FNO3P/c22-18-13-11-16(12-14-18)15-20(23-21(24)17-7-3-1-4-8-17)27(25,26)19-9-5-2-6-10-19/h1-14,20H,15H2,(H,23,24)(H,25,26)/t20-/m0/s1. The van der Waals surface area contributed by atoms with Crippen molar-refractivity contribution in [3.8, 4) is 0 Å². The SMILES string of the molecule is O=C(N[C@H](Cc1ccc(F)cc1)P(=O)(O)c1ccccc1)c1ccccc1. The van der Waals surface area contributed by atoms with E-state index >= 15 is 0 Å². The minimum Gasteiger partial charge on any atom is -0.340 e. The lowest BCUT2D eigenvalue weighted by molar-refractivity contribution is 0.0946. The summed E-state index contributed by atoms with van der Waals surface area (Å²) in [5, 5.41) is 2.94. The van der Waals surface area contributed by atoms with Crippen LogP contribution in [-0.4, -0.2) is 16.6 Å². The molecule has 138 valence electrons. The van der Waals surface area contributed by atoms with Crippen molar-refractivity contribution in [3.05, 3.63) is 102 Å². The number of halogens is 1. The summed E-state index contributed by atoms with van der Waals surface area (Å²) in [5.41, 5.74) is 1.05. The second kappa shape index (κ2) is 8.30. The highest BCUT2D eigenvalue weighted by molar-refractivity contribution is 7.66. The molecule has 0 aliphatic carbocycles. The van der Waals surface area contributed by atoms with Gasteiger partial charge in [-0.2, -0.15) is 0 Å². The molecule has 0 saturated heterocycles. The van der Waals surface area contributed by atoms with E-state index in [4.69, 9.17) is 0 Å². The highest BCUT2D eigenvalue weighted by atomic mass is 31.2. The molecule has 6 heteroatoms. The number of rotatable bonds is 6. The van der Waals surface area contributed by atoms with Crippen molar-refractivity contribution < 1.29 is 18.6 Å². The van der Waals surface area contributed by atoms with Crippen molar-refractivity contribution in [2.75, 3.05) is 0 Å². The Labute approximate surface area is 157 Å². The molecule has 3 aromatic carbocycles. The molecule has 4 nitrogen and oxygen atoms in total. The fourth-order valence-corrected chi connectivity index (χ4v) is 4.46. The van der Waals surface area contributed by atoms with Gasteiger partial charge in [-0.05, 0) is 42.0 Å². The van der Waals surface area contributed by atoms with E-state index in [1.54, 1.807) is 72.8 Å². The van der Waals surface area contributed by atoms with Crippen molar-refractivity contribution in [1.29, 1.82) is 0 Å². The maximum Gasteiger partial charge on any atom is 0.251 e. The molecule has 3 rings (SSSR count). The second-order valence-electron chi connectivity index (χ2n) is 6.14. The van der Waals surface area contributed by atoms with Crippen molar-refractivity contribution in [3.63, 3.8) is 0 Å². The number of carbonyl (C=O) groups excluding carboxylic acids is 1. The smallest absolute Gasteiger partial charge is 0.251 e. The third kappa shape index (κ3) is 4.70. The van der Waals surface area contributed by atoms with E-state index in [0.717, 1.165) is 0 Å². The van der Waals surface area contributed by atoms with Crippen LogP contribution < -0.4 is 10.6 Å². The second-order valence-corrected chi connectivity index (χ2v) is 8.53. The maximum absolute atomic E-state index is 13.2. The number of benzene rings is 3. The van der Waals surface area contributed by atoms with Crippen LogP contribution >= 0.6 is 7.37 Å². The van der Waals surface area contributed by atoms with Crippen LogP contribution in [0.5, 0.6) is 0 Å². The van der Waals surface area contributed by atoms with Gasteiger partial charge in [-0.25, -0.2) is 4.39 Å². The number of amides is 1. The Balaban J connectivity index is 1.92. The number of hydrogen-bond acceptors (Lipinski definition) is 2. The summed E-state index contributed by atoms with van der Waals surface area (Å²) < 4.78 is 26.4. The van der Waals surface area contributed by atoms with Gasteiger partial charge in [0.25, 0.3) is 13.3 Å². The molecule has 27 heavy (non-hydrogen) atoms. The van der Waals surface area contributed by atoms with E-state index in [9.17, 15) is 18.6 Å². The van der Waals surface area contributed by atoms with Gasteiger partial charge in [0.15, 0.2) is 0 Å². The highest BCUT2D eigenvalue weighted by Gasteiger charge is 2.34. The lowest BCUT2D eigenvalue weighted by atomic mass is 10.1. The summed E-state index contributed by atoms with van der Waals surface area (Å²) in [6, 6.07) is 22.4. The molecule has 0 aliphatic heterocycles. The van der Waals surface area contributed by atoms with Gasteiger partial charge in [-0.3, -0.25) is 9.36 Å². The Hall–Kier alpha value is -2.75. The van der Waals surface area contributed by atoms with Crippen LogP contribution in [0, 0.1) is 5.82 Å². The zero-order chi connectivity index (χ0) is 19.3. The van der Waals surface area contributed by atoms with Crippen LogP contribution in [0.15, 0.2) is 84.9 Å². The Morgan fingerprint density at radius 2 is 1.48 bits per heavy atom. The topological polar surface area (TPSA) is 66.4 Å². The molecule has 0 fully saturated rings. The van der Waals surface area contributed by atoms with E-state index in [1.807, 2.05) is 0 Å². The number of nitrogens with one attached hydrogen (secondary N) is 1. The number of hydrogen-bond donors (Lipinski definition) is 2. The van der Waals surface area contributed by atoms with Gasteiger partial charge >= 0.3 is 0 Å². The van der Waals surface area contributed by atoms with Gasteiger partial charge in [-0.1, -0.05) is 48.5 Å². The van der Waals surface area contributed by atoms with E-state index in [1.165, 1.54) is 12.1 Å². The van der Waals surface area contributed by atoms with Gasteiger partial charge in [0.1, 0.15) is 11.6 Å². The summed E-state index contributed by atoms with van der Waals surface area (Å²) in [6.07, 6.45) is 0.0987. The molecule has 1 unspecified atom stereocenters. The lowest BCUT2D eigenvalue weighted by Crippen LogP contribution is -2.38. The summed E-state index contributed by atoms with van der Waals surface area (Å²) in [7, 11) is -3.93. The molecule has 0 aromatic heterocycles. The fourth-order valence-electron chi connectivity index (χ4n) is 2.75. The Kier molecular flexibility index (Phi) is 5.84. The fraction of sp³-hybridized carbons (Fsp3) is 0.0952. The first kappa shape index (κ1) is 19.0. The largest absolute Gasteiger partial charge is 0.340 e. The van der Waals surface area contributed by atoms with E-state index in [2.05, 4.69) is 5.32 Å². The lowest BCUT2D eigenvalue weighted by Gasteiger charge is -2.25. The van der Waals surface area contributed by atoms with E-state index < -0.39 is 19.1 Å². The Morgan fingerprint density at radius 1 is 0.926 bits per heavy atom. The average Bonchev–Trinajstić information content (AvgIpc) is 2.70. The first-order valence-electron chi connectivity index (χ1n) is 8.45. The van der Waals surface area contributed by atoms with Crippen LogP contribution in [0.25, 0.3) is 0 Å². The van der Waals surface area contributed by atoms with E-state index in [0.29, 0.717) is 11.1 Å². The minimum absolute atomic E-state index is 0.0987. The Bertz CT molecular complexity index is 946. The van der Waals surface area contributed by atoms with Crippen LogP contribution in [-0.2, 0) is 11.0 Å². The molecule has 0 saturated carbocycles. The zero-order valence-electron chi connectivity index (χ0n) is 14.5. The van der Waals surface area contributed by atoms with Crippen LogP contribution in [0.4, 0.5) is 4.39 Å². The molecule has 3 aromatic rings. The van der Waals surface area contributed by atoms with Gasteiger partial charge in [0, 0.05) is 17.3 Å². The average molecular weight is 383 g/mol. The minimum atomic E-state index is -3.93. The molecule has 1 amide bonds. The maximum atomic E-state index is 13.2. The monoisotopic (exact) mass is 383 g/mol. The van der Waals surface area contributed by atoms with Crippen molar-refractivity contribution >= 4 is 18.6 Å². The highest BCUT2D eigenvalue weighted by Crippen LogP contribution is 2.45. The molecule has 0 spiro atoms. The third-order valence-corrected chi connectivity index (χ3v) is 6.42. The molecular weight excluding hydrogens is 364 g/mol. The normalized spacial score (nSPS) is 14.1. The quantitative estimate of drug-likeness (QED) is 0.638. The summed E-state index contributed by atoms with van der Waals surface area (Å²) >= 11 is 0. The van der Waals surface area contributed by atoms with Crippen LogP contribution in [0.1, 0.15) is 15.9 Å².